The zero-order valence-corrected chi connectivity index (χ0v) is 16.3. The number of nitrogens with one attached hydrogen (secondary N) is 3. The molecule has 0 aliphatic carbocycles. The number of halogens is 2. The second-order valence-electron chi connectivity index (χ2n) is 6.21. The summed E-state index contributed by atoms with van der Waals surface area (Å²) in [6.07, 6.45) is -1.85. The van der Waals surface area contributed by atoms with Crippen molar-refractivity contribution < 1.29 is 14.6 Å². The van der Waals surface area contributed by atoms with Crippen molar-refractivity contribution >= 4 is 48.2 Å². The smallest absolute Gasteiger partial charge is 0.323 e. The number of aliphatic hydroxyl groups excluding tert-OH is 1. The third-order valence-corrected chi connectivity index (χ3v) is 3.94. The Morgan fingerprint density at radius 2 is 1.96 bits per heavy atom. The van der Waals surface area contributed by atoms with Gasteiger partial charge in [0.15, 0.2) is 5.82 Å². The minimum Gasteiger partial charge on any atom is -0.459 e. The molecule has 2 heterocycles. The van der Waals surface area contributed by atoms with Crippen molar-refractivity contribution in [1.82, 2.24) is 9.97 Å². The van der Waals surface area contributed by atoms with E-state index in [0.29, 0.717) is 5.82 Å². The summed E-state index contributed by atoms with van der Waals surface area (Å²) in [5, 5.41) is 16.2. The van der Waals surface area contributed by atoms with Crippen molar-refractivity contribution in [3.63, 3.8) is 0 Å². The van der Waals surface area contributed by atoms with Crippen LogP contribution in [0.25, 0.3) is 0 Å². The van der Waals surface area contributed by atoms with Crippen molar-refractivity contribution in [2.45, 2.75) is 45.1 Å². The van der Waals surface area contributed by atoms with Gasteiger partial charge in [0, 0.05) is 6.54 Å². The number of carbonyl (C=O) groups excluding carboxylic acids is 1. The van der Waals surface area contributed by atoms with Crippen molar-refractivity contribution in [1.29, 1.82) is 0 Å². The molecule has 8 N–H and O–H groups in total. The SMILES string of the molecule is CC(C)[C@H](N)C(=O)O[C@@H](C)[C@H](O)[C@H]1CNc2nc(N)[nH]c(=O)c2N1.Cl.Cl. The number of aromatic amines is 1. The molecule has 1 aromatic rings. The minimum absolute atomic E-state index is 0. The van der Waals surface area contributed by atoms with Crippen LogP contribution in [-0.2, 0) is 9.53 Å². The molecule has 0 fully saturated rings. The molecular formula is C14H26Cl2N6O4. The predicted octanol–water partition coefficient (Wildman–Crippen LogP) is -0.322. The number of aliphatic hydroxyl groups is 1. The molecule has 0 radical (unpaired) electrons. The summed E-state index contributed by atoms with van der Waals surface area (Å²) >= 11 is 0. The molecule has 10 nitrogen and oxygen atoms in total. The standard InChI is InChI=1S/C14H24N6O4.2ClH/c1-5(2)8(15)13(23)24-6(3)10(21)7-4-17-11-9(18-7)12(22)20-14(16)19-11;;/h5-8,10,18,21H,4,15H2,1-3H3,(H4,16,17,19,20,22);2*1H/t6-,7+,8-,10-;;/m0../s1. The molecule has 1 aliphatic heterocycles. The van der Waals surface area contributed by atoms with Gasteiger partial charge in [-0.05, 0) is 12.8 Å². The number of hydrogen-bond donors (Lipinski definition) is 6. The van der Waals surface area contributed by atoms with Crippen LogP contribution in [0, 0.1) is 5.92 Å². The Labute approximate surface area is 163 Å². The Morgan fingerprint density at radius 1 is 1.35 bits per heavy atom. The Kier molecular flexibility index (Phi) is 9.15. The first-order valence-corrected chi connectivity index (χ1v) is 7.75. The van der Waals surface area contributed by atoms with Gasteiger partial charge in [-0.1, -0.05) is 13.8 Å². The Bertz CT molecular complexity index is 671. The van der Waals surface area contributed by atoms with E-state index in [4.69, 9.17) is 16.2 Å². The number of H-pyrrole nitrogens is 1. The number of nitrogens with two attached hydrogens (primary N) is 2. The average Bonchev–Trinajstić information content (AvgIpc) is 2.52. The zero-order chi connectivity index (χ0) is 18.0. The molecule has 0 saturated heterocycles. The van der Waals surface area contributed by atoms with Gasteiger partial charge >= 0.3 is 5.97 Å². The summed E-state index contributed by atoms with van der Waals surface area (Å²) in [5.74, 6) is -0.338. The molecule has 0 saturated carbocycles. The summed E-state index contributed by atoms with van der Waals surface area (Å²) < 4.78 is 5.22. The van der Waals surface area contributed by atoms with Crippen LogP contribution >= 0.6 is 24.8 Å². The number of aromatic nitrogens is 2. The van der Waals surface area contributed by atoms with Crippen molar-refractivity contribution in [3.05, 3.63) is 10.4 Å². The van der Waals surface area contributed by atoms with Crippen LogP contribution in [0.15, 0.2) is 4.79 Å². The number of nitrogen functional groups attached to an aromatic ring is 1. The fourth-order valence-electron chi connectivity index (χ4n) is 2.33. The van der Waals surface area contributed by atoms with Crippen LogP contribution in [0.5, 0.6) is 0 Å². The molecule has 4 atom stereocenters. The molecular weight excluding hydrogens is 387 g/mol. The van der Waals surface area contributed by atoms with Crippen LogP contribution in [0.3, 0.4) is 0 Å². The molecule has 150 valence electrons. The lowest BCUT2D eigenvalue weighted by Crippen LogP contribution is -2.51. The number of hydrogen-bond acceptors (Lipinski definition) is 9. The van der Waals surface area contributed by atoms with Crippen LogP contribution in [0.2, 0.25) is 0 Å². The van der Waals surface area contributed by atoms with E-state index >= 15 is 0 Å². The number of nitrogens with zero attached hydrogens (tertiary/aromatic N) is 1. The molecule has 1 aromatic heterocycles. The third kappa shape index (κ3) is 5.37. The number of anilines is 3. The molecule has 0 amide bonds. The lowest BCUT2D eigenvalue weighted by atomic mass is 10.0. The third-order valence-electron chi connectivity index (χ3n) is 3.94. The first-order valence-electron chi connectivity index (χ1n) is 7.75. The van der Waals surface area contributed by atoms with Gasteiger partial charge in [0.2, 0.25) is 5.95 Å². The molecule has 12 heteroatoms. The first-order chi connectivity index (χ1) is 11.2. The summed E-state index contributed by atoms with van der Waals surface area (Å²) in [6.45, 7) is 5.46. The fourth-order valence-corrected chi connectivity index (χ4v) is 2.33. The zero-order valence-electron chi connectivity index (χ0n) is 14.7. The summed E-state index contributed by atoms with van der Waals surface area (Å²) in [6, 6.07) is -1.31. The van der Waals surface area contributed by atoms with Crippen LogP contribution in [0.1, 0.15) is 20.8 Å². The van der Waals surface area contributed by atoms with E-state index in [1.54, 1.807) is 6.92 Å². The van der Waals surface area contributed by atoms with Crippen LogP contribution in [0.4, 0.5) is 17.5 Å². The monoisotopic (exact) mass is 412 g/mol. The Morgan fingerprint density at radius 3 is 2.54 bits per heavy atom. The van der Waals surface area contributed by atoms with Gasteiger partial charge in [-0.2, -0.15) is 4.98 Å². The highest BCUT2D eigenvalue weighted by molar-refractivity contribution is 5.85. The van der Waals surface area contributed by atoms with Gasteiger partial charge in [-0.15, -0.1) is 24.8 Å². The van der Waals surface area contributed by atoms with Gasteiger partial charge in [0.25, 0.3) is 5.56 Å². The lowest BCUT2D eigenvalue weighted by Gasteiger charge is -2.33. The molecule has 1 aliphatic rings. The topological polar surface area (TPSA) is 168 Å². The second kappa shape index (κ2) is 9.81. The van der Waals surface area contributed by atoms with E-state index in [1.807, 2.05) is 13.8 Å². The van der Waals surface area contributed by atoms with Crippen molar-refractivity contribution in [3.8, 4) is 0 Å². The van der Waals surface area contributed by atoms with E-state index in [9.17, 15) is 14.7 Å². The highest BCUT2D eigenvalue weighted by Gasteiger charge is 2.33. The Balaban J connectivity index is 0.00000312. The van der Waals surface area contributed by atoms with Gasteiger partial charge in [-0.3, -0.25) is 14.6 Å². The molecule has 0 bridgehead atoms. The Hall–Kier alpha value is -1.75. The van der Waals surface area contributed by atoms with E-state index < -0.39 is 35.8 Å². The minimum atomic E-state index is -1.05. The van der Waals surface area contributed by atoms with Crippen molar-refractivity contribution in [2.24, 2.45) is 11.7 Å². The van der Waals surface area contributed by atoms with Gasteiger partial charge in [0.1, 0.15) is 23.9 Å². The number of esters is 1. The molecule has 0 aromatic carbocycles. The fraction of sp³-hybridized carbons (Fsp3) is 0.643. The van der Waals surface area contributed by atoms with Crippen molar-refractivity contribution in [2.75, 3.05) is 22.9 Å². The molecule has 0 spiro atoms. The van der Waals surface area contributed by atoms with Gasteiger partial charge in [-0.25, -0.2) is 0 Å². The summed E-state index contributed by atoms with van der Waals surface area (Å²) in [7, 11) is 0. The summed E-state index contributed by atoms with van der Waals surface area (Å²) in [5.41, 5.74) is 10.9. The summed E-state index contributed by atoms with van der Waals surface area (Å²) in [4.78, 5) is 30.1. The lowest BCUT2D eigenvalue weighted by molar-refractivity contribution is -0.156. The number of ether oxygens (including phenoxy) is 1. The van der Waals surface area contributed by atoms with Crippen LogP contribution < -0.4 is 27.7 Å². The maximum atomic E-state index is 11.9. The van der Waals surface area contributed by atoms with E-state index in [2.05, 4.69) is 20.6 Å². The maximum absolute atomic E-state index is 11.9. The highest BCUT2D eigenvalue weighted by Crippen LogP contribution is 2.22. The quantitative estimate of drug-likeness (QED) is 0.354. The van der Waals surface area contributed by atoms with Gasteiger partial charge < -0.3 is 31.9 Å². The van der Waals surface area contributed by atoms with Gasteiger partial charge in [0.05, 0.1) is 6.04 Å². The molecule has 0 unspecified atom stereocenters. The van der Waals surface area contributed by atoms with E-state index in [-0.39, 0.29) is 48.9 Å². The number of fused-ring (bicyclic) bond motifs is 1. The molecule has 26 heavy (non-hydrogen) atoms. The van der Waals surface area contributed by atoms with E-state index in [1.165, 1.54) is 0 Å². The second-order valence-corrected chi connectivity index (χ2v) is 6.21. The predicted molar refractivity (Wildman–Crippen MR) is 104 cm³/mol. The van der Waals surface area contributed by atoms with E-state index in [0.717, 1.165) is 0 Å². The first kappa shape index (κ1) is 24.2. The normalized spacial score (nSPS) is 18.8. The average molecular weight is 413 g/mol. The van der Waals surface area contributed by atoms with Crippen LogP contribution in [-0.4, -0.2) is 51.9 Å². The number of carbonyl (C=O) groups is 1. The number of rotatable bonds is 5. The largest absolute Gasteiger partial charge is 0.459 e. The highest BCUT2D eigenvalue weighted by atomic mass is 35.5. The molecule has 2 rings (SSSR count). The maximum Gasteiger partial charge on any atom is 0.323 e.